The van der Waals surface area contributed by atoms with Gasteiger partial charge < -0.3 is 10.1 Å². The van der Waals surface area contributed by atoms with E-state index in [1.165, 1.54) is 58.2 Å². The van der Waals surface area contributed by atoms with Gasteiger partial charge in [0.05, 0.1) is 6.61 Å². The van der Waals surface area contributed by atoms with Crippen LogP contribution >= 0.6 is 0 Å². The maximum atomic E-state index is 5.77. The molecule has 3 heteroatoms. The third-order valence-electron chi connectivity index (χ3n) is 5.12. The fourth-order valence-corrected chi connectivity index (χ4v) is 3.30. The second kappa shape index (κ2) is 6.33. The van der Waals surface area contributed by atoms with E-state index >= 15 is 0 Å². The van der Waals surface area contributed by atoms with Gasteiger partial charge in [-0.15, -0.1) is 0 Å². The van der Waals surface area contributed by atoms with Crippen molar-refractivity contribution in [3.05, 3.63) is 0 Å². The van der Waals surface area contributed by atoms with E-state index in [2.05, 4.69) is 24.1 Å². The lowest BCUT2D eigenvalue weighted by molar-refractivity contribution is 0.101. The van der Waals surface area contributed by atoms with Gasteiger partial charge in [0.1, 0.15) is 0 Å². The summed E-state index contributed by atoms with van der Waals surface area (Å²) in [6, 6.07) is 1.70. The zero-order valence-corrected chi connectivity index (χ0v) is 13.4. The van der Waals surface area contributed by atoms with Gasteiger partial charge >= 0.3 is 0 Å². The van der Waals surface area contributed by atoms with Crippen molar-refractivity contribution in [2.45, 2.75) is 64.5 Å². The van der Waals surface area contributed by atoms with Crippen LogP contribution in [0.4, 0.5) is 0 Å². The van der Waals surface area contributed by atoms with Gasteiger partial charge in [0.2, 0.25) is 0 Å². The van der Waals surface area contributed by atoms with Crippen LogP contribution in [0.15, 0.2) is 0 Å². The third-order valence-corrected chi connectivity index (χ3v) is 5.12. The highest BCUT2D eigenvalue weighted by Crippen LogP contribution is 2.35. The van der Waals surface area contributed by atoms with Gasteiger partial charge in [0, 0.05) is 37.2 Å². The summed E-state index contributed by atoms with van der Waals surface area (Å²) in [5.41, 5.74) is 0.391. The van der Waals surface area contributed by atoms with Crippen molar-refractivity contribution < 1.29 is 4.74 Å². The Labute approximate surface area is 124 Å². The van der Waals surface area contributed by atoms with Crippen LogP contribution < -0.4 is 5.32 Å². The highest BCUT2D eigenvalue weighted by Gasteiger charge is 2.41. The van der Waals surface area contributed by atoms with Gasteiger partial charge in [0.15, 0.2) is 0 Å². The first-order valence-electron chi connectivity index (χ1n) is 8.72. The standard InChI is InChI=1S/C17H32N2O/c1-14(2)7-9-19(16-5-6-16)12-17(8-10-20-13-17)11-18-15-3-4-15/h14-16,18H,3-13H2,1-2H3. The third kappa shape index (κ3) is 4.19. The Morgan fingerprint density at radius 1 is 1.25 bits per heavy atom. The van der Waals surface area contributed by atoms with E-state index in [-0.39, 0.29) is 0 Å². The lowest BCUT2D eigenvalue weighted by Gasteiger charge is -2.35. The van der Waals surface area contributed by atoms with Gasteiger partial charge in [-0.3, -0.25) is 4.90 Å². The zero-order chi connectivity index (χ0) is 14.0. The van der Waals surface area contributed by atoms with Crippen molar-refractivity contribution in [3.8, 4) is 0 Å². The minimum atomic E-state index is 0.391. The summed E-state index contributed by atoms with van der Waals surface area (Å²) >= 11 is 0. The van der Waals surface area contributed by atoms with E-state index in [0.717, 1.165) is 31.2 Å². The molecule has 1 unspecified atom stereocenters. The summed E-state index contributed by atoms with van der Waals surface area (Å²) in [5, 5.41) is 3.76. The summed E-state index contributed by atoms with van der Waals surface area (Å²) < 4.78 is 5.77. The Morgan fingerprint density at radius 3 is 2.60 bits per heavy atom. The van der Waals surface area contributed by atoms with E-state index in [1.54, 1.807) is 0 Å². The van der Waals surface area contributed by atoms with Crippen molar-refractivity contribution in [2.24, 2.45) is 11.3 Å². The molecule has 116 valence electrons. The molecule has 0 bridgehead atoms. The molecular formula is C17H32N2O. The summed E-state index contributed by atoms with van der Waals surface area (Å²) in [5.74, 6) is 0.816. The van der Waals surface area contributed by atoms with E-state index in [0.29, 0.717) is 5.41 Å². The van der Waals surface area contributed by atoms with Gasteiger partial charge in [-0.1, -0.05) is 13.8 Å². The average Bonchev–Trinajstić information content (AvgIpc) is 3.32. The molecule has 0 radical (unpaired) electrons. The first-order chi connectivity index (χ1) is 9.67. The molecule has 3 rings (SSSR count). The Morgan fingerprint density at radius 2 is 2.05 bits per heavy atom. The normalized spacial score (nSPS) is 30.6. The Balaban J connectivity index is 1.54. The van der Waals surface area contributed by atoms with Crippen molar-refractivity contribution in [1.29, 1.82) is 0 Å². The SMILES string of the molecule is CC(C)CCN(CC1(CNC2CC2)CCOC1)C1CC1. The number of nitrogens with zero attached hydrogens (tertiary/aromatic N) is 1. The lowest BCUT2D eigenvalue weighted by atomic mass is 9.86. The van der Waals surface area contributed by atoms with E-state index in [1.807, 2.05) is 0 Å². The van der Waals surface area contributed by atoms with Gasteiger partial charge in [-0.25, -0.2) is 0 Å². The number of hydrogen-bond donors (Lipinski definition) is 1. The van der Waals surface area contributed by atoms with Crippen LogP contribution in [0.2, 0.25) is 0 Å². The minimum Gasteiger partial charge on any atom is -0.381 e. The molecule has 0 amide bonds. The molecule has 3 aliphatic rings. The van der Waals surface area contributed by atoms with Crippen LogP contribution in [-0.2, 0) is 4.74 Å². The summed E-state index contributed by atoms with van der Waals surface area (Å²) in [6.07, 6.45) is 8.20. The molecular weight excluding hydrogens is 248 g/mol. The number of rotatable bonds is 9. The quantitative estimate of drug-likeness (QED) is 0.703. The fraction of sp³-hybridized carbons (Fsp3) is 1.00. The number of nitrogens with one attached hydrogen (secondary N) is 1. The molecule has 1 N–H and O–H groups in total. The van der Waals surface area contributed by atoms with Crippen LogP contribution in [0.5, 0.6) is 0 Å². The Hall–Kier alpha value is -0.120. The average molecular weight is 280 g/mol. The van der Waals surface area contributed by atoms with Crippen molar-refractivity contribution >= 4 is 0 Å². The van der Waals surface area contributed by atoms with Crippen molar-refractivity contribution in [2.75, 3.05) is 32.8 Å². The second-order valence-electron chi connectivity index (χ2n) is 7.84. The maximum Gasteiger partial charge on any atom is 0.0547 e. The summed E-state index contributed by atoms with van der Waals surface area (Å²) in [7, 11) is 0. The van der Waals surface area contributed by atoms with Gasteiger partial charge in [0.25, 0.3) is 0 Å². The topological polar surface area (TPSA) is 24.5 Å². The summed E-state index contributed by atoms with van der Waals surface area (Å²) in [6.45, 7) is 10.3. The van der Waals surface area contributed by atoms with Gasteiger partial charge in [-0.2, -0.15) is 0 Å². The first-order valence-corrected chi connectivity index (χ1v) is 8.72. The Bertz CT molecular complexity index is 304. The molecule has 2 saturated carbocycles. The summed E-state index contributed by atoms with van der Waals surface area (Å²) in [4.78, 5) is 2.78. The molecule has 1 atom stereocenters. The molecule has 1 aliphatic heterocycles. The fourth-order valence-electron chi connectivity index (χ4n) is 3.30. The highest BCUT2D eigenvalue weighted by atomic mass is 16.5. The van der Waals surface area contributed by atoms with Crippen LogP contribution in [0.1, 0.15) is 52.4 Å². The van der Waals surface area contributed by atoms with Crippen LogP contribution in [-0.4, -0.2) is 49.8 Å². The van der Waals surface area contributed by atoms with Crippen LogP contribution in [0.3, 0.4) is 0 Å². The predicted molar refractivity (Wildman–Crippen MR) is 82.9 cm³/mol. The van der Waals surface area contributed by atoms with Crippen molar-refractivity contribution in [3.63, 3.8) is 0 Å². The zero-order valence-electron chi connectivity index (χ0n) is 13.4. The van der Waals surface area contributed by atoms with Crippen LogP contribution in [0, 0.1) is 11.3 Å². The molecule has 0 spiro atoms. The number of hydrogen-bond acceptors (Lipinski definition) is 3. The lowest BCUT2D eigenvalue weighted by Crippen LogP contribution is -2.46. The van der Waals surface area contributed by atoms with Gasteiger partial charge in [-0.05, 0) is 51.0 Å². The van der Waals surface area contributed by atoms with Crippen LogP contribution in [0.25, 0.3) is 0 Å². The van der Waals surface area contributed by atoms with E-state index in [4.69, 9.17) is 4.74 Å². The maximum absolute atomic E-state index is 5.77. The Kier molecular flexibility index (Phi) is 4.68. The molecule has 0 aromatic rings. The molecule has 0 aromatic carbocycles. The molecule has 1 saturated heterocycles. The molecule has 1 heterocycles. The second-order valence-corrected chi connectivity index (χ2v) is 7.84. The predicted octanol–water partition coefficient (Wildman–Crippen LogP) is 2.66. The molecule has 20 heavy (non-hydrogen) atoms. The molecule has 0 aromatic heterocycles. The van der Waals surface area contributed by atoms with E-state index in [9.17, 15) is 0 Å². The van der Waals surface area contributed by atoms with Crippen molar-refractivity contribution in [1.82, 2.24) is 10.2 Å². The smallest absolute Gasteiger partial charge is 0.0547 e. The largest absolute Gasteiger partial charge is 0.381 e. The monoisotopic (exact) mass is 280 g/mol. The number of ether oxygens (including phenoxy) is 1. The van der Waals surface area contributed by atoms with E-state index < -0.39 is 0 Å². The molecule has 3 fully saturated rings. The minimum absolute atomic E-state index is 0.391. The highest BCUT2D eigenvalue weighted by molar-refractivity contribution is 4.95. The molecule has 2 aliphatic carbocycles. The first kappa shape index (κ1) is 14.8. The molecule has 3 nitrogen and oxygen atoms in total.